The van der Waals surface area contributed by atoms with Gasteiger partial charge in [0.15, 0.2) is 0 Å². The van der Waals surface area contributed by atoms with Crippen molar-refractivity contribution in [1.82, 2.24) is 15.1 Å². The quantitative estimate of drug-likeness (QED) is 0.554. The number of rotatable bonds is 8. The summed E-state index contributed by atoms with van der Waals surface area (Å²) in [5, 5.41) is 8.07. The molecule has 1 atom stereocenters. The van der Waals surface area contributed by atoms with Crippen LogP contribution >= 0.6 is 0 Å². The molecule has 0 aliphatic carbocycles. The fourth-order valence-corrected chi connectivity index (χ4v) is 2.17. The van der Waals surface area contributed by atoms with E-state index in [1.165, 1.54) is 12.1 Å². The van der Waals surface area contributed by atoms with E-state index in [1.807, 2.05) is 6.08 Å². The molecule has 3 nitrogen and oxygen atoms in total. The molecule has 1 N–H and O–H groups in total. The number of unbranched alkanes of at least 4 members (excludes halogenated alkanes) is 1. The number of nitrogens with zero attached hydrogens (tertiary/aromatic N) is 2. The van der Waals surface area contributed by atoms with Crippen LogP contribution in [0.1, 0.15) is 50.5 Å². The zero-order valence-electron chi connectivity index (χ0n) is 11.4. The first kappa shape index (κ1) is 14.0. The van der Waals surface area contributed by atoms with Gasteiger partial charge in [-0.25, -0.2) is 0 Å². The molecule has 1 heterocycles. The fourth-order valence-electron chi connectivity index (χ4n) is 2.17. The molecule has 0 saturated heterocycles. The van der Waals surface area contributed by atoms with Gasteiger partial charge in [0.1, 0.15) is 0 Å². The maximum Gasteiger partial charge on any atom is 0.0597 e. The molecule has 3 heteroatoms. The molecule has 1 rings (SSSR count). The molecule has 1 unspecified atom stereocenters. The Kier molecular flexibility index (Phi) is 5.98. The highest BCUT2D eigenvalue weighted by Gasteiger charge is 2.15. The molecule has 0 spiro atoms. The van der Waals surface area contributed by atoms with Gasteiger partial charge < -0.3 is 5.32 Å². The van der Waals surface area contributed by atoms with Crippen LogP contribution in [0.25, 0.3) is 0 Å². The summed E-state index contributed by atoms with van der Waals surface area (Å²) in [5.74, 6) is 0. The Morgan fingerprint density at radius 1 is 1.53 bits per heavy atom. The molecule has 0 radical (unpaired) electrons. The van der Waals surface area contributed by atoms with Gasteiger partial charge in [-0.3, -0.25) is 4.68 Å². The number of hydrogen-bond acceptors (Lipinski definition) is 2. The maximum absolute atomic E-state index is 4.52. The molecule has 0 aliphatic heterocycles. The number of aromatic nitrogens is 2. The lowest BCUT2D eigenvalue weighted by atomic mass is 10.1. The highest BCUT2D eigenvalue weighted by atomic mass is 15.3. The second-order valence-electron chi connectivity index (χ2n) is 4.36. The molecular weight excluding hydrogens is 210 g/mol. The Morgan fingerprint density at radius 2 is 2.29 bits per heavy atom. The lowest BCUT2D eigenvalue weighted by Gasteiger charge is -2.18. The Bertz CT molecular complexity index is 341. The van der Waals surface area contributed by atoms with Gasteiger partial charge in [0, 0.05) is 12.6 Å². The minimum absolute atomic E-state index is 0.418. The van der Waals surface area contributed by atoms with Crippen LogP contribution in [-0.2, 0) is 6.54 Å². The first-order chi connectivity index (χ1) is 8.22. The van der Waals surface area contributed by atoms with E-state index in [1.54, 1.807) is 0 Å². The van der Waals surface area contributed by atoms with Crippen molar-refractivity contribution in [2.75, 3.05) is 6.54 Å². The smallest absolute Gasteiger partial charge is 0.0597 e. The van der Waals surface area contributed by atoms with Crippen molar-refractivity contribution in [1.29, 1.82) is 0 Å². The van der Waals surface area contributed by atoms with E-state index in [4.69, 9.17) is 0 Å². The first-order valence-corrected chi connectivity index (χ1v) is 6.61. The molecule has 0 saturated carbocycles. The first-order valence-electron chi connectivity index (χ1n) is 6.61. The van der Waals surface area contributed by atoms with Crippen molar-refractivity contribution in [3.05, 3.63) is 30.1 Å². The zero-order valence-corrected chi connectivity index (χ0v) is 11.4. The van der Waals surface area contributed by atoms with Gasteiger partial charge in [-0.2, -0.15) is 5.10 Å². The van der Waals surface area contributed by atoms with Crippen LogP contribution in [-0.4, -0.2) is 16.3 Å². The maximum atomic E-state index is 4.52. The highest BCUT2D eigenvalue weighted by molar-refractivity contribution is 5.13. The highest BCUT2D eigenvalue weighted by Crippen LogP contribution is 2.20. The monoisotopic (exact) mass is 235 g/mol. The average Bonchev–Trinajstić information content (AvgIpc) is 2.69. The van der Waals surface area contributed by atoms with Crippen molar-refractivity contribution in [2.45, 2.75) is 52.6 Å². The van der Waals surface area contributed by atoms with Crippen molar-refractivity contribution in [3.63, 3.8) is 0 Å². The van der Waals surface area contributed by atoms with E-state index >= 15 is 0 Å². The third-order valence-electron chi connectivity index (χ3n) is 2.94. The average molecular weight is 235 g/mol. The summed E-state index contributed by atoms with van der Waals surface area (Å²) >= 11 is 0. The van der Waals surface area contributed by atoms with Crippen LogP contribution in [0.2, 0.25) is 0 Å². The summed E-state index contributed by atoms with van der Waals surface area (Å²) in [7, 11) is 0. The summed E-state index contributed by atoms with van der Waals surface area (Å²) in [4.78, 5) is 0. The van der Waals surface area contributed by atoms with Crippen LogP contribution in [0.4, 0.5) is 0 Å². The van der Waals surface area contributed by atoms with Gasteiger partial charge >= 0.3 is 0 Å². The number of aryl methyl sites for hydroxylation is 2. The van der Waals surface area contributed by atoms with Gasteiger partial charge in [-0.15, -0.1) is 6.58 Å². The van der Waals surface area contributed by atoms with Crippen LogP contribution in [0.15, 0.2) is 18.7 Å². The Balaban J connectivity index is 2.76. The van der Waals surface area contributed by atoms with E-state index in [-0.39, 0.29) is 0 Å². The Morgan fingerprint density at radius 3 is 2.88 bits per heavy atom. The van der Waals surface area contributed by atoms with Gasteiger partial charge in [-0.1, -0.05) is 13.0 Å². The molecular formula is C14H25N3. The van der Waals surface area contributed by atoms with E-state index in [2.05, 4.69) is 48.5 Å². The standard InChI is InChI=1S/C14H25N3/c1-5-8-9-10-13(15-6-2)14-11-12(4)16-17(14)7-3/h5,11,13,15H,1,6-10H2,2-4H3. The summed E-state index contributed by atoms with van der Waals surface area (Å²) in [5.41, 5.74) is 2.42. The van der Waals surface area contributed by atoms with Gasteiger partial charge in [-0.05, 0) is 45.7 Å². The lowest BCUT2D eigenvalue weighted by molar-refractivity contribution is 0.456. The molecule has 96 valence electrons. The third-order valence-corrected chi connectivity index (χ3v) is 2.94. The summed E-state index contributed by atoms with van der Waals surface area (Å²) in [6.07, 6.45) is 5.40. The van der Waals surface area contributed by atoms with Crippen molar-refractivity contribution >= 4 is 0 Å². The fraction of sp³-hybridized carbons (Fsp3) is 0.643. The minimum atomic E-state index is 0.418. The molecule has 0 aliphatic rings. The van der Waals surface area contributed by atoms with E-state index in [0.29, 0.717) is 6.04 Å². The topological polar surface area (TPSA) is 29.9 Å². The van der Waals surface area contributed by atoms with Gasteiger partial charge in [0.05, 0.1) is 11.4 Å². The molecule has 0 bridgehead atoms. The summed E-state index contributed by atoms with van der Waals surface area (Å²) in [6.45, 7) is 12.1. The lowest BCUT2D eigenvalue weighted by Crippen LogP contribution is -2.23. The van der Waals surface area contributed by atoms with Crippen LogP contribution in [0, 0.1) is 6.92 Å². The second kappa shape index (κ2) is 7.28. The second-order valence-corrected chi connectivity index (χ2v) is 4.36. The number of nitrogens with one attached hydrogen (secondary N) is 1. The molecule has 1 aromatic rings. The normalized spacial score (nSPS) is 12.6. The summed E-state index contributed by atoms with van der Waals surface area (Å²) < 4.78 is 2.11. The number of hydrogen-bond donors (Lipinski definition) is 1. The zero-order chi connectivity index (χ0) is 12.7. The molecule has 0 fully saturated rings. The predicted octanol–water partition coefficient (Wildman–Crippen LogP) is 3.22. The SMILES string of the molecule is C=CCCCC(NCC)c1cc(C)nn1CC. The van der Waals surface area contributed by atoms with Gasteiger partial charge in [0.25, 0.3) is 0 Å². The molecule has 0 amide bonds. The number of allylic oxidation sites excluding steroid dienone is 1. The van der Waals surface area contributed by atoms with E-state index in [0.717, 1.165) is 31.6 Å². The molecule has 17 heavy (non-hydrogen) atoms. The predicted molar refractivity (Wildman–Crippen MR) is 73.1 cm³/mol. The van der Waals surface area contributed by atoms with Crippen LogP contribution in [0.5, 0.6) is 0 Å². The summed E-state index contributed by atoms with van der Waals surface area (Å²) in [6, 6.07) is 2.62. The minimum Gasteiger partial charge on any atom is -0.309 e. The third kappa shape index (κ3) is 4.00. The van der Waals surface area contributed by atoms with Gasteiger partial charge in [0.2, 0.25) is 0 Å². The van der Waals surface area contributed by atoms with E-state index in [9.17, 15) is 0 Å². The Labute approximate surface area is 105 Å². The van der Waals surface area contributed by atoms with E-state index < -0.39 is 0 Å². The molecule has 1 aromatic heterocycles. The largest absolute Gasteiger partial charge is 0.309 e. The van der Waals surface area contributed by atoms with Crippen molar-refractivity contribution < 1.29 is 0 Å². The van der Waals surface area contributed by atoms with Crippen molar-refractivity contribution in [2.24, 2.45) is 0 Å². The Hall–Kier alpha value is -1.09. The molecule has 0 aromatic carbocycles. The van der Waals surface area contributed by atoms with Crippen molar-refractivity contribution in [3.8, 4) is 0 Å². The van der Waals surface area contributed by atoms with Crippen LogP contribution in [0.3, 0.4) is 0 Å². The van der Waals surface area contributed by atoms with Crippen LogP contribution < -0.4 is 5.32 Å².